The van der Waals surface area contributed by atoms with Crippen LogP contribution >= 0.6 is 0 Å². The number of hydrogen-bond donors (Lipinski definition) is 1. The minimum atomic E-state index is -1.73. The van der Waals surface area contributed by atoms with Crippen molar-refractivity contribution in [2.75, 3.05) is 6.79 Å². The molecule has 1 aromatic rings. The third-order valence-electron chi connectivity index (χ3n) is 3.18. The van der Waals surface area contributed by atoms with Crippen molar-refractivity contribution in [1.29, 1.82) is 0 Å². The topological polar surface area (TPSA) is 30.5 Å². The number of hydrogen-bond acceptors (Lipinski definition) is 3. The third-order valence-corrected chi connectivity index (χ3v) is 3.18. The molecule has 1 unspecified atom stereocenters. The first-order valence-corrected chi connectivity index (χ1v) is 6.29. The van der Waals surface area contributed by atoms with Crippen molar-refractivity contribution in [3.05, 3.63) is 23.8 Å². The molecular formula is C12H12B5NO2. The molecule has 0 amide bonds. The average Bonchev–Trinajstić information content (AvgIpc) is 2.73. The second-order valence-corrected chi connectivity index (χ2v) is 5.24. The van der Waals surface area contributed by atoms with Gasteiger partial charge in [0.25, 0.3) is 0 Å². The van der Waals surface area contributed by atoms with E-state index in [4.69, 9.17) is 48.7 Å². The minimum Gasteiger partial charge on any atom is -0.454 e. The van der Waals surface area contributed by atoms with Crippen LogP contribution in [0.3, 0.4) is 0 Å². The van der Waals surface area contributed by atoms with Gasteiger partial charge < -0.3 is 14.8 Å². The summed E-state index contributed by atoms with van der Waals surface area (Å²) in [5.74, 6) is 1.47. The number of ether oxygens (including phenoxy) is 2. The highest BCUT2D eigenvalue weighted by Crippen LogP contribution is 2.33. The molecule has 92 valence electrons. The number of fused-ring (bicyclic) bond motifs is 1. The van der Waals surface area contributed by atoms with Crippen LogP contribution in [0, 0.1) is 0 Å². The Kier molecular flexibility index (Phi) is 4.24. The highest BCUT2D eigenvalue weighted by atomic mass is 16.7. The molecule has 1 aliphatic heterocycles. The van der Waals surface area contributed by atoms with Crippen LogP contribution in [0.2, 0.25) is 5.11 Å². The molecule has 1 aromatic carbocycles. The summed E-state index contributed by atoms with van der Waals surface area (Å²) < 4.78 is 10.6. The summed E-state index contributed by atoms with van der Waals surface area (Å²) in [7, 11) is 28.2. The van der Waals surface area contributed by atoms with Crippen LogP contribution in [0.15, 0.2) is 18.2 Å². The average molecular weight is 256 g/mol. The normalized spacial score (nSPS) is 16.1. The second-order valence-electron chi connectivity index (χ2n) is 5.24. The number of rotatable bonds is 5. The van der Waals surface area contributed by atoms with Gasteiger partial charge in [0, 0.05) is 6.04 Å². The summed E-state index contributed by atoms with van der Waals surface area (Å²) in [4.78, 5) is 0. The van der Waals surface area contributed by atoms with Gasteiger partial charge in [0.1, 0.15) is 0 Å². The molecule has 20 heavy (non-hydrogen) atoms. The quantitative estimate of drug-likeness (QED) is 0.721. The van der Waals surface area contributed by atoms with E-state index in [1.54, 1.807) is 0 Å². The maximum atomic E-state index is 5.79. The fraction of sp³-hybridized carbons (Fsp3) is 0.500. The van der Waals surface area contributed by atoms with Gasteiger partial charge in [-0.05, 0) is 31.0 Å². The lowest BCUT2D eigenvalue weighted by molar-refractivity contribution is 0.174. The summed E-state index contributed by atoms with van der Waals surface area (Å²) in [6, 6.07) is 5.64. The first-order valence-electron chi connectivity index (χ1n) is 6.29. The molecule has 3 nitrogen and oxygen atoms in total. The molecule has 0 spiro atoms. The molecule has 1 N–H and O–H groups in total. The van der Waals surface area contributed by atoms with Crippen LogP contribution in [0.4, 0.5) is 0 Å². The van der Waals surface area contributed by atoms with Gasteiger partial charge in [0.05, 0.1) is 39.2 Å². The fourth-order valence-electron chi connectivity index (χ4n) is 2.01. The highest BCUT2D eigenvalue weighted by Gasteiger charge is 2.30. The molecule has 1 aliphatic rings. The van der Waals surface area contributed by atoms with Crippen molar-refractivity contribution in [1.82, 2.24) is 5.32 Å². The molecule has 0 fully saturated rings. The molecule has 0 saturated heterocycles. The van der Waals surface area contributed by atoms with Gasteiger partial charge in [0.15, 0.2) is 11.5 Å². The van der Waals surface area contributed by atoms with E-state index in [-0.39, 0.29) is 12.8 Å². The van der Waals surface area contributed by atoms with E-state index in [0.29, 0.717) is 6.42 Å². The summed E-state index contributed by atoms with van der Waals surface area (Å²) in [6.07, 6.45) is 0.656. The Morgan fingerprint density at radius 3 is 2.45 bits per heavy atom. The number of benzene rings is 1. The zero-order valence-corrected chi connectivity index (χ0v) is 11.4. The van der Waals surface area contributed by atoms with Crippen LogP contribution in [0.25, 0.3) is 0 Å². The molecule has 0 aliphatic carbocycles. The lowest BCUT2D eigenvalue weighted by Crippen LogP contribution is -2.60. The minimum absolute atomic E-state index is 0.0830. The van der Waals surface area contributed by atoms with Gasteiger partial charge in [0.2, 0.25) is 6.79 Å². The van der Waals surface area contributed by atoms with Crippen LogP contribution < -0.4 is 14.8 Å². The van der Waals surface area contributed by atoms with Gasteiger partial charge in [-0.3, -0.25) is 0 Å². The van der Waals surface area contributed by atoms with Gasteiger partial charge in [-0.2, -0.15) is 0 Å². The predicted octanol–water partition coefficient (Wildman–Crippen LogP) is -0.494. The van der Waals surface area contributed by atoms with E-state index in [2.05, 4.69) is 5.32 Å². The summed E-state index contributed by atoms with van der Waals surface area (Å²) in [5.41, 5.74) is 1.04. The van der Waals surface area contributed by atoms with Gasteiger partial charge in [-0.25, -0.2) is 0 Å². The fourth-order valence-corrected chi connectivity index (χ4v) is 2.01. The Morgan fingerprint density at radius 2 is 1.80 bits per heavy atom. The van der Waals surface area contributed by atoms with Gasteiger partial charge in [-0.15, -0.1) is 5.11 Å². The lowest BCUT2D eigenvalue weighted by Gasteiger charge is -2.45. The van der Waals surface area contributed by atoms with Crippen molar-refractivity contribution in [3.8, 4) is 11.5 Å². The second kappa shape index (κ2) is 5.47. The first kappa shape index (κ1) is 15.5. The van der Waals surface area contributed by atoms with Crippen molar-refractivity contribution < 1.29 is 9.47 Å². The number of nitrogens with one attached hydrogen (secondary N) is 1. The Morgan fingerprint density at radius 1 is 1.15 bits per heavy atom. The molecule has 1 heterocycles. The molecule has 0 bridgehead atoms. The molecule has 0 saturated carbocycles. The van der Waals surface area contributed by atoms with E-state index >= 15 is 0 Å². The molecule has 8 heteroatoms. The molecule has 0 aromatic heterocycles. The van der Waals surface area contributed by atoms with Crippen molar-refractivity contribution in [3.63, 3.8) is 0 Å². The maximum absolute atomic E-state index is 5.79. The van der Waals surface area contributed by atoms with E-state index < -0.39 is 10.5 Å². The highest BCUT2D eigenvalue weighted by molar-refractivity contribution is 6.67. The van der Waals surface area contributed by atoms with E-state index in [9.17, 15) is 0 Å². The standard InChI is InChI=1S/C12H12B5NO2/c1-7(18-12(16,17)11(13,14)15)4-8-2-3-9-10(5-8)20-6-19-9/h2-3,5,7,18H,4,6H2,1H3. The monoisotopic (exact) mass is 257 g/mol. The van der Waals surface area contributed by atoms with Crippen LogP contribution in [-0.2, 0) is 6.42 Å². The van der Waals surface area contributed by atoms with E-state index in [1.807, 2.05) is 25.1 Å². The van der Waals surface area contributed by atoms with Crippen molar-refractivity contribution in [2.45, 2.75) is 29.8 Å². The first-order chi connectivity index (χ1) is 9.19. The largest absolute Gasteiger partial charge is 0.454 e. The molecular weight excluding hydrogens is 244 g/mol. The van der Waals surface area contributed by atoms with Crippen LogP contribution in [-0.4, -0.2) is 57.4 Å². The van der Waals surface area contributed by atoms with Crippen molar-refractivity contribution >= 4 is 39.2 Å². The smallest absolute Gasteiger partial charge is 0.231 e. The molecule has 1 atom stereocenters. The maximum Gasteiger partial charge on any atom is 0.231 e. The van der Waals surface area contributed by atoms with Gasteiger partial charge in [-0.1, -0.05) is 11.4 Å². The predicted molar refractivity (Wildman–Crippen MR) is 83.1 cm³/mol. The Bertz CT molecular complexity index is 489. The zero-order chi connectivity index (χ0) is 15.0. The molecule has 2 rings (SSSR count). The summed E-state index contributed by atoms with van der Waals surface area (Å²) in [6.45, 7) is 2.15. The van der Waals surface area contributed by atoms with Crippen LogP contribution in [0.1, 0.15) is 12.5 Å². The van der Waals surface area contributed by atoms with E-state index in [0.717, 1.165) is 17.1 Å². The Hall–Kier alpha value is -0.895. The zero-order valence-electron chi connectivity index (χ0n) is 11.4. The lowest BCUT2D eigenvalue weighted by atomic mass is 9.26. The SMILES string of the molecule is [B]C([B])([B])C([B])([B])NC(C)Cc1ccc2c(c1)OCO2. The van der Waals surface area contributed by atoms with Gasteiger partial charge >= 0.3 is 0 Å². The van der Waals surface area contributed by atoms with Crippen molar-refractivity contribution in [2.24, 2.45) is 0 Å². The molecule has 10 radical (unpaired) electrons. The summed E-state index contributed by atoms with van der Waals surface area (Å²) >= 11 is 0. The van der Waals surface area contributed by atoms with E-state index in [1.165, 1.54) is 0 Å². The van der Waals surface area contributed by atoms with Crippen LogP contribution in [0.5, 0.6) is 11.5 Å². The summed E-state index contributed by atoms with van der Waals surface area (Å²) in [5, 5.41) is -0.386. The Balaban J connectivity index is 2.00. The third kappa shape index (κ3) is 3.40. The Labute approximate surface area is 126 Å².